The van der Waals surface area contributed by atoms with E-state index in [1.54, 1.807) is 22.7 Å². The third-order valence-corrected chi connectivity index (χ3v) is 7.08. The number of hydrogen-bond donors (Lipinski definition) is 0. The Balaban J connectivity index is 1.52. The van der Waals surface area contributed by atoms with Crippen molar-refractivity contribution in [1.82, 2.24) is 9.97 Å². The van der Waals surface area contributed by atoms with Gasteiger partial charge >= 0.3 is 0 Å². The molecule has 0 fully saturated rings. The minimum atomic E-state index is 1.05. The largest absolute Gasteiger partial charge is 0.236 e. The minimum Gasteiger partial charge on any atom is -0.236 e. The molecule has 5 rings (SSSR count). The molecule has 0 N–H and O–H groups in total. The van der Waals surface area contributed by atoms with E-state index in [1.807, 2.05) is 12.1 Å². The predicted molar refractivity (Wildman–Crippen MR) is 129 cm³/mol. The van der Waals surface area contributed by atoms with Gasteiger partial charge in [0.2, 0.25) is 0 Å². The summed E-state index contributed by atoms with van der Waals surface area (Å²) < 4.78 is 0. The molecule has 0 amide bonds. The van der Waals surface area contributed by atoms with Crippen LogP contribution >= 0.6 is 22.7 Å². The second-order valence-corrected chi connectivity index (χ2v) is 9.57. The Morgan fingerprint density at radius 2 is 0.900 bits per heavy atom. The van der Waals surface area contributed by atoms with Crippen LogP contribution in [0.2, 0.25) is 0 Å². The first kappa shape index (κ1) is 18.9. The van der Waals surface area contributed by atoms with Crippen LogP contribution < -0.4 is 0 Å². The minimum absolute atomic E-state index is 1.05. The van der Waals surface area contributed by atoms with Crippen molar-refractivity contribution < 1.29 is 0 Å². The maximum absolute atomic E-state index is 4.96. The zero-order chi connectivity index (χ0) is 20.5. The van der Waals surface area contributed by atoms with Crippen molar-refractivity contribution in [2.24, 2.45) is 0 Å². The van der Waals surface area contributed by atoms with Gasteiger partial charge in [-0.3, -0.25) is 0 Å². The van der Waals surface area contributed by atoms with Gasteiger partial charge in [-0.1, -0.05) is 78.9 Å². The van der Waals surface area contributed by atoms with Crippen molar-refractivity contribution >= 4 is 22.7 Å². The molecule has 4 heteroatoms. The highest BCUT2D eigenvalue weighted by Crippen LogP contribution is 2.37. The summed E-state index contributed by atoms with van der Waals surface area (Å²) in [5.74, 6) is 0. The van der Waals surface area contributed by atoms with Gasteiger partial charge in [0.05, 0.1) is 11.4 Å². The summed E-state index contributed by atoms with van der Waals surface area (Å²) >= 11 is 3.49. The molecule has 2 aromatic heterocycles. The standard InChI is InChI=1S/C26H20N2S2/c1-17-23(19-10-5-3-6-11-19)27-25(29-17)21-14-9-15-22(16-21)26-28-24(18(2)30-26)20-12-7-4-8-13-20/h3-16H,1-2H3. The normalized spacial score (nSPS) is 11.0. The lowest BCUT2D eigenvalue weighted by Gasteiger charge is -2.01. The van der Waals surface area contributed by atoms with Crippen LogP contribution in [0.4, 0.5) is 0 Å². The highest BCUT2D eigenvalue weighted by Gasteiger charge is 2.14. The lowest BCUT2D eigenvalue weighted by molar-refractivity contribution is 1.36. The molecule has 0 aliphatic heterocycles. The van der Waals surface area contributed by atoms with Gasteiger partial charge in [-0.2, -0.15) is 0 Å². The van der Waals surface area contributed by atoms with Gasteiger partial charge in [-0.05, 0) is 19.9 Å². The predicted octanol–water partition coefficient (Wildman–Crippen LogP) is 7.88. The number of benzene rings is 3. The molecule has 0 aliphatic carbocycles. The topological polar surface area (TPSA) is 25.8 Å². The third kappa shape index (κ3) is 3.60. The molecule has 2 nitrogen and oxygen atoms in total. The van der Waals surface area contributed by atoms with Crippen LogP contribution in [-0.4, -0.2) is 9.97 Å². The van der Waals surface area contributed by atoms with Crippen molar-refractivity contribution in [1.29, 1.82) is 0 Å². The summed E-state index contributed by atoms with van der Waals surface area (Å²) in [7, 11) is 0. The Morgan fingerprint density at radius 1 is 0.500 bits per heavy atom. The molecule has 0 atom stereocenters. The molecule has 3 aromatic carbocycles. The fourth-order valence-corrected chi connectivity index (χ4v) is 5.42. The fourth-order valence-electron chi connectivity index (χ4n) is 3.55. The first-order valence-corrected chi connectivity index (χ1v) is 11.5. The first-order valence-electron chi connectivity index (χ1n) is 9.85. The molecule has 146 valence electrons. The SMILES string of the molecule is Cc1sc(-c2cccc(-c3nc(-c4ccccc4)c(C)s3)c2)nc1-c1ccccc1. The van der Waals surface area contributed by atoms with E-state index in [0.717, 1.165) is 43.7 Å². The van der Waals surface area contributed by atoms with E-state index >= 15 is 0 Å². The number of thiazole rings is 2. The summed E-state index contributed by atoms with van der Waals surface area (Å²) in [4.78, 5) is 12.4. The Morgan fingerprint density at radius 3 is 1.33 bits per heavy atom. The number of rotatable bonds is 4. The lowest BCUT2D eigenvalue weighted by Crippen LogP contribution is -1.83. The molecule has 0 aliphatic rings. The van der Waals surface area contributed by atoms with E-state index in [2.05, 4.69) is 86.6 Å². The summed E-state index contributed by atoms with van der Waals surface area (Å²) in [6, 6.07) is 29.4. The van der Waals surface area contributed by atoms with Crippen molar-refractivity contribution in [3.05, 3.63) is 94.7 Å². The molecule has 0 unspecified atom stereocenters. The van der Waals surface area contributed by atoms with Crippen LogP contribution in [0.3, 0.4) is 0 Å². The average molecular weight is 425 g/mol. The monoisotopic (exact) mass is 424 g/mol. The zero-order valence-electron chi connectivity index (χ0n) is 16.8. The van der Waals surface area contributed by atoms with Gasteiger partial charge in [-0.15, -0.1) is 22.7 Å². The van der Waals surface area contributed by atoms with Gasteiger partial charge in [-0.25, -0.2) is 9.97 Å². The highest BCUT2D eigenvalue weighted by atomic mass is 32.1. The molecule has 0 bridgehead atoms. The molecule has 0 radical (unpaired) electrons. The van der Waals surface area contributed by atoms with E-state index in [9.17, 15) is 0 Å². The number of aromatic nitrogens is 2. The second kappa shape index (κ2) is 7.98. The molecular weight excluding hydrogens is 404 g/mol. The fraction of sp³-hybridized carbons (Fsp3) is 0.0769. The Labute approximate surface area is 184 Å². The first-order chi connectivity index (χ1) is 14.7. The van der Waals surface area contributed by atoms with Gasteiger partial charge in [0.15, 0.2) is 0 Å². The van der Waals surface area contributed by atoms with E-state index in [0.29, 0.717) is 0 Å². The van der Waals surface area contributed by atoms with E-state index in [-0.39, 0.29) is 0 Å². The van der Waals surface area contributed by atoms with Gasteiger partial charge in [0, 0.05) is 32.0 Å². The van der Waals surface area contributed by atoms with Crippen molar-refractivity contribution in [2.45, 2.75) is 13.8 Å². The van der Waals surface area contributed by atoms with Crippen LogP contribution in [0.1, 0.15) is 9.75 Å². The van der Waals surface area contributed by atoms with Crippen LogP contribution in [0.5, 0.6) is 0 Å². The summed E-state index contributed by atoms with van der Waals surface area (Å²) in [5.41, 5.74) is 6.73. The summed E-state index contributed by atoms with van der Waals surface area (Å²) in [6.07, 6.45) is 0. The molecule has 30 heavy (non-hydrogen) atoms. The van der Waals surface area contributed by atoms with Gasteiger partial charge in [0.25, 0.3) is 0 Å². The summed E-state index contributed by atoms with van der Waals surface area (Å²) in [5, 5.41) is 2.09. The average Bonchev–Trinajstić information content (AvgIpc) is 3.38. The van der Waals surface area contributed by atoms with Crippen LogP contribution in [-0.2, 0) is 0 Å². The van der Waals surface area contributed by atoms with Crippen molar-refractivity contribution in [3.63, 3.8) is 0 Å². The van der Waals surface area contributed by atoms with Crippen LogP contribution in [0, 0.1) is 13.8 Å². The Hall–Kier alpha value is -3.08. The quantitative estimate of drug-likeness (QED) is 0.293. The van der Waals surface area contributed by atoms with E-state index in [1.165, 1.54) is 9.75 Å². The van der Waals surface area contributed by atoms with Gasteiger partial charge < -0.3 is 0 Å². The molecule has 0 spiro atoms. The molecule has 0 saturated heterocycles. The molecular formula is C26H20N2S2. The van der Waals surface area contributed by atoms with E-state index in [4.69, 9.17) is 9.97 Å². The van der Waals surface area contributed by atoms with Crippen molar-refractivity contribution in [3.8, 4) is 43.7 Å². The summed E-state index contributed by atoms with van der Waals surface area (Å²) in [6.45, 7) is 4.29. The number of hydrogen-bond acceptors (Lipinski definition) is 4. The van der Waals surface area contributed by atoms with Crippen molar-refractivity contribution in [2.75, 3.05) is 0 Å². The Bertz CT molecular complexity index is 1200. The third-order valence-electron chi connectivity index (χ3n) is 5.04. The number of nitrogens with zero attached hydrogens (tertiary/aromatic N) is 2. The maximum Gasteiger partial charge on any atom is 0.124 e. The second-order valence-electron chi connectivity index (χ2n) is 7.16. The molecule has 0 saturated carbocycles. The smallest absolute Gasteiger partial charge is 0.124 e. The maximum atomic E-state index is 4.96. The van der Waals surface area contributed by atoms with Gasteiger partial charge in [0.1, 0.15) is 10.0 Å². The van der Waals surface area contributed by atoms with Crippen LogP contribution in [0.25, 0.3) is 43.7 Å². The molecule has 2 heterocycles. The van der Waals surface area contributed by atoms with Crippen LogP contribution in [0.15, 0.2) is 84.9 Å². The lowest BCUT2D eigenvalue weighted by atomic mass is 10.1. The number of aryl methyl sites for hydroxylation is 2. The zero-order valence-corrected chi connectivity index (χ0v) is 18.4. The van der Waals surface area contributed by atoms with E-state index < -0.39 is 0 Å². The Kier molecular flexibility index (Phi) is 5.03. The highest BCUT2D eigenvalue weighted by molar-refractivity contribution is 7.15. The molecule has 5 aromatic rings.